The normalized spacial score (nSPS) is 30.7. The molecule has 2 nitrogen and oxygen atoms in total. The monoisotopic (exact) mass is 382 g/mol. The van der Waals surface area contributed by atoms with Gasteiger partial charge in [0.2, 0.25) is 0 Å². The van der Waals surface area contributed by atoms with Gasteiger partial charge in [0.25, 0.3) is 0 Å². The Bertz CT molecular complexity index is 798. The van der Waals surface area contributed by atoms with Crippen molar-refractivity contribution in [2.75, 3.05) is 0 Å². The molecule has 4 atom stereocenters. The molecule has 2 aliphatic heterocycles. The molecule has 24 heavy (non-hydrogen) atoms. The third kappa shape index (κ3) is 2.30. The van der Waals surface area contributed by atoms with Crippen LogP contribution in [0.15, 0.2) is 71.2 Å². The van der Waals surface area contributed by atoms with Crippen LogP contribution in [-0.4, -0.2) is 17.5 Å². The Kier molecular flexibility index (Phi) is 3.93. The fourth-order valence-corrected chi connectivity index (χ4v) is 4.69. The van der Waals surface area contributed by atoms with Crippen LogP contribution in [0.25, 0.3) is 0 Å². The van der Waals surface area contributed by atoms with Crippen LogP contribution in [0.4, 0.5) is 0 Å². The SMILES string of the molecule is CC[C@@]12C=C[C@@H](O1)[C@@H](C(=O)c1ccccc1)[C@@H]2c1ccccc1Br. The first-order valence-corrected chi connectivity index (χ1v) is 9.16. The third-order valence-corrected chi connectivity index (χ3v) is 6.04. The second-order valence-electron chi connectivity index (χ2n) is 6.51. The van der Waals surface area contributed by atoms with Crippen LogP contribution in [0.5, 0.6) is 0 Å². The largest absolute Gasteiger partial charge is 0.362 e. The molecule has 0 amide bonds. The van der Waals surface area contributed by atoms with Crippen LogP contribution >= 0.6 is 15.9 Å². The highest BCUT2D eigenvalue weighted by atomic mass is 79.9. The zero-order chi connectivity index (χ0) is 16.7. The highest BCUT2D eigenvalue weighted by Gasteiger charge is 2.58. The average molecular weight is 383 g/mol. The quantitative estimate of drug-likeness (QED) is 0.539. The molecule has 2 aromatic carbocycles. The van der Waals surface area contributed by atoms with E-state index in [9.17, 15) is 4.79 Å². The fraction of sp³-hybridized carbons (Fsp3) is 0.286. The first-order chi connectivity index (χ1) is 11.7. The van der Waals surface area contributed by atoms with Crippen molar-refractivity contribution in [2.45, 2.75) is 31.0 Å². The van der Waals surface area contributed by atoms with E-state index in [1.807, 2.05) is 48.5 Å². The number of fused-ring (bicyclic) bond motifs is 2. The standard InChI is InChI=1S/C21H19BrO2/c1-2-21-13-12-17(24-21)18(20(23)14-8-4-3-5-9-14)19(21)15-10-6-7-11-16(15)22/h3-13,17-19H,2H2,1H3/t17-,18-,19+,21+/m1/s1. The number of benzene rings is 2. The summed E-state index contributed by atoms with van der Waals surface area (Å²) in [5.74, 6) is 0.0119. The average Bonchev–Trinajstić information content (AvgIpc) is 3.19. The van der Waals surface area contributed by atoms with Gasteiger partial charge in [0.05, 0.1) is 17.6 Å². The number of Topliss-reactive ketones (excluding diaryl/α,β-unsaturated/α-hetero) is 1. The van der Waals surface area contributed by atoms with E-state index in [-0.39, 0.29) is 29.3 Å². The topological polar surface area (TPSA) is 26.3 Å². The maximum absolute atomic E-state index is 13.3. The predicted octanol–water partition coefficient (Wildman–Crippen LogP) is 5.15. The van der Waals surface area contributed by atoms with Gasteiger partial charge >= 0.3 is 0 Å². The van der Waals surface area contributed by atoms with Crippen molar-refractivity contribution in [3.63, 3.8) is 0 Å². The van der Waals surface area contributed by atoms with Gasteiger partial charge in [-0.25, -0.2) is 0 Å². The first-order valence-electron chi connectivity index (χ1n) is 8.37. The van der Waals surface area contributed by atoms with Gasteiger partial charge in [-0.3, -0.25) is 4.79 Å². The Balaban J connectivity index is 1.82. The Morgan fingerprint density at radius 1 is 1.12 bits per heavy atom. The predicted molar refractivity (Wildman–Crippen MR) is 98.2 cm³/mol. The zero-order valence-corrected chi connectivity index (χ0v) is 15.1. The Labute approximate surface area is 150 Å². The minimum atomic E-state index is -0.385. The fourth-order valence-electron chi connectivity index (χ4n) is 4.15. The molecule has 2 bridgehead atoms. The second-order valence-corrected chi connectivity index (χ2v) is 7.36. The molecule has 0 aliphatic carbocycles. The first kappa shape index (κ1) is 15.8. The summed E-state index contributed by atoms with van der Waals surface area (Å²) in [6, 6.07) is 17.7. The van der Waals surface area contributed by atoms with Crippen molar-refractivity contribution in [1.29, 1.82) is 0 Å². The highest BCUT2D eigenvalue weighted by Crippen LogP contribution is 2.55. The Morgan fingerprint density at radius 2 is 1.83 bits per heavy atom. The van der Waals surface area contributed by atoms with Crippen molar-refractivity contribution in [1.82, 2.24) is 0 Å². The molecule has 122 valence electrons. The lowest BCUT2D eigenvalue weighted by Gasteiger charge is -2.33. The summed E-state index contributed by atoms with van der Waals surface area (Å²) in [6.07, 6.45) is 4.94. The molecule has 2 aromatic rings. The Morgan fingerprint density at radius 3 is 2.54 bits per heavy atom. The minimum Gasteiger partial charge on any atom is -0.362 e. The van der Waals surface area contributed by atoms with E-state index in [0.29, 0.717) is 0 Å². The van der Waals surface area contributed by atoms with E-state index in [0.717, 1.165) is 22.0 Å². The molecule has 0 unspecified atom stereocenters. The molecule has 0 N–H and O–H groups in total. The van der Waals surface area contributed by atoms with E-state index in [1.165, 1.54) is 0 Å². The summed E-state index contributed by atoms with van der Waals surface area (Å²) in [4.78, 5) is 13.3. The third-order valence-electron chi connectivity index (χ3n) is 5.32. The summed E-state index contributed by atoms with van der Waals surface area (Å²) in [6.45, 7) is 2.13. The lowest BCUT2D eigenvalue weighted by Crippen LogP contribution is -2.36. The number of halogens is 1. The molecule has 1 saturated heterocycles. The van der Waals surface area contributed by atoms with Gasteiger partial charge < -0.3 is 4.74 Å². The van der Waals surface area contributed by atoms with Crippen LogP contribution in [0.2, 0.25) is 0 Å². The molecule has 1 fully saturated rings. The molecule has 0 radical (unpaired) electrons. The smallest absolute Gasteiger partial charge is 0.169 e. The molecule has 4 rings (SSSR count). The van der Waals surface area contributed by atoms with E-state index >= 15 is 0 Å². The van der Waals surface area contributed by atoms with Gasteiger partial charge in [-0.2, -0.15) is 0 Å². The molecule has 2 aliphatic rings. The molecular formula is C21H19BrO2. The molecule has 3 heteroatoms. The zero-order valence-electron chi connectivity index (χ0n) is 13.5. The summed E-state index contributed by atoms with van der Waals surface area (Å²) in [7, 11) is 0. The van der Waals surface area contributed by atoms with Crippen molar-refractivity contribution in [3.8, 4) is 0 Å². The molecule has 0 aromatic heterocycles. The molecule has 2 heterocycles. The van der Waals surface area contributed by atoms with Crippen LogP contribution in [0.3, 0.4) is 0 Å². The van der Waals surface area contributed by atoms with Crippen LogP contribution in [-0.2, 0) is 4.74 Å². The second kappa shape index (κ2) is 5.98. The van der Waals surface area contributed by atoms with Crippen molar-refractivity contribution in [2.24, 2.45) is 5.92 Å². The number of carbonyl (C=O) groups excluding carboxylic acids is 1. The van der Waals surface area contributed by atoms with E-state index in [1.54, 1.807) is 0 Å². The molecular weight excluding hydrogens is 364 g/mol. The highest BCUT2D eigenvalue weighted by molar-refractivity contribution is 9.10. The summed E-state index contributed by atoms with van der Waals surface area (Å²) >= 11 is 3.67. The van der Waals surface area contributed by atoms with E-state index < -0.39 is 0 Å². The van der Waals surface area contributed by atoms with E-state index in [4.69, 9.17) is 4.74 Å². The van der Waals surface area contributed by atoms with Crippen LogP contribution in [0, 0.1) is 5.92 Å². The van der Waals surface area contributed by atoms with Gasteiger partial charge in [-0.15, -0.1) is 0 Å². The maximum atomic E-state index is 13.3. The van der Waals surface area contributed by atoms with Crippen LogP contribution in [0.1, 0.15) is 35.2 Å². The van der Waals surface area contributed by atoms with Gasteiger partial charge in [-0.1, -0.05) is 83.5 Å². The number of ether oxygens (including phenoxy) is 1. The van der Waals surface area contributed by atoms with Crippen molar-refractivity contribution in [3.05, 3.63) is 82.3 Å². The van der Waals surface area contributed by atoms with Gasteiger partial charge in [-0.05, 0) is 18.1 Å². The molecule has 0 spiro atoms. The Hall–Kier alpha value is -1.71. The van der Waals surface area contributed by atoms with Gasteiger partial charge in [0.15, 0.2) is 5.78 Å². The van der Waals surface area contributed by atoms with Crippen molar-refractivity contribution < 1.29 is 9.53 Å². The van der Waals surface area contributed by atoms with Crippen LogP contribution < -0.4 is 0 Å². The number of hydrogen-bond donors (Lipinski definition) is 0. The minimum absolute atomic E-state index is 0.0285. The lowest BCUT2D eigenvalue weighted by atomic mass is 9.68. The number of carbonyl (C=O) groups is 1. The van der Waals surface area contributed by atoms with E-state index in [2.05, 4.69) is 41.1 Å². The number of hydrogen-bond acceptors (Lipinski definition) is 2. The summed E-state index contributed by atoms with van der Waals surface area (Å²) < 4.78 is 7.37. The van der Waals surface area contributed by atoms with Crippen molar-refractivity contribution >= 4 is 21.7 Å². The summed E-state index contributed by atoms with van der Waals surface area (Å²) in [5, 5.41) is 0. The number of rotatable bonds is 4. The lowest BCUT2D eigenvalue weighted by molar-refractivity contribution is 0.0200. The summed E-state index contributed by atoms with van der Waals surface area (Å²) in [5.41, 5.74) is 1.53. The van der Waals surface area contributed by atoms with Gasteiger partial charge in [0, 0.05) is 16.0 Å². The van der Waals surface area contributed by atoms with Gasteiger partial charge in [0.1, 0.15) is 0 Å². The number of ketones is 1. The molecule has 0 saturated carbocycles. The maximum Gasteiger partial charge on any atom is 0.169 e.